The Labute approximate surface area is 150 Å². The first-order chi connectivity index (χ1) is 12.0. The summed E-state index contributed by atoms with van der Waals surface area (Å²) in [6.45, 7) is 4.96. The average Bonchev–Trinajstić information content (AvgIpc) is 3.07. The average molecular weight is 362 g/mol. The van der Waals surface area contributed by atoms with E-state index in [1.165, 1.54) is 0 Å². The zero-order valence-electron chi connectivity index (χ0n) is 14.3. The molecule has 2 N–H and O–H groups in total. The Hall–Kier alpha value is -2.22. The fourth-order valence-electron chi connectivity index (χ4n) is 3.20. The third kappa shape index (κ3) is 3.73. The van der Waals surface area contributed by atoms with Crippen molar-refractivity contribution >= 4 is 39.2 Å². The lowest BCUT2D eigenvalue weighted by atomic mass is 9.95. The zero-order chi connectivity index (χ0) is 18.0. The van der Waals surface area contributed by atoms with Crippen molar-refractivity contribution in [2.24, 2.45) is 11.8 Å². The number of anilines is 1. The molecule has 8 heteroatoms. The van der Waals surface area contributed by atoms with Crippen LogP contribution in [0.4, 0.5) is 5.82 Å². The summed E-state index contributed by atoms with van der Waals surface area (Å²) < 4.78 is 0. The minimum Gasteiger partial charge on any atom is -0.480 e. The van der Waals surface area contributed by atoms with Gasteiger partial charge in [-0.25, -0.2) is 14.8 Å². The summed E-state index contributed by atoms with van der Waals surface area (Å²) in [7, 11) is 0. The van der Waals surface area contributed by atoms with Crippen molar-refractivity contribution in [1.82, 2.24) is 15.3 Å². The maximum Gasteiger partial charge on any atom is 0.326 e. The molecule has 0 aromatic carbocycles. The van der Waals surface area contributed by atoms with Crippen LogP contribution < -0.4 is 10.2 Å². The molecule has 134 valence electrons. The molecule has 0 bridgehead atoms. The second-order valence-corrected chi connectivity index (χ2v) is 7.58. The van der Waals surface area contributed by atoms with Crippen LogP contribution in [-0.4, -0.2) is 46.1 Å². The van der Waals surface area contributed by atoms with Crippen molar-refractivity contribution in [3.8, 4) is 0 Å². The summed E-state index contributed by atoms with van der Waals surface area (Å²) in [6.07, 6.45) is 3.18. The van der Waals surface area contributed by atoms with E-state index >= 15 is 0 Å². The predicted molar refractivity (Wildman–Crippen MR) is 96.8 cm³/mol. The van der Waals surface area contributed by atoms with Crippen molar-refractivity contribution in [3.05, 3.63) is 17.8 Å². The zero-order valence-corrected chi connectivity index (χ0v) is 15.1. The van der Waals surface area contributed by atoms with E-state index in [0.29, 0.717) is 6.54 Å². The topological polar surface area (TPSA) is 95.4 Å². The fourth-order valence-corrected chi connectivity index (χ4v) is 3.92. The molecule has 1 saturated heterocycles. The Morgan fingerprint density at radius 1 is 1.40 bits per heavy atom. The molecule has 3 rings (SSSR count). The first kappa shape index (κ1) is 17.6. The number of aromatic nitrogens is 2. The summed E-state index contributed by atoms with van der Waals surface area (Å²) >= 11 is 1.57. The standard InChI is InChI=1S/C17H22N4O3S/c1-10(2)13(17(23)24)20-15(22)11-4-3-6-21(8-11)14-12-5-7-25-16(12)19-9-18-14/h5,7,9-11,13H,3-4,6,8H2,1-2H3,(H,20,22)(H,23,24)/t11?,13-/m0/s1. The molecule has 0 saturated carbocycles. The van der Waals surface area contributed by atoms with Crippen molar-refractivity contribution in [3.63, 3.8) is 0 Å². The molecular weight excluding hydrogens is 340 g/mol. The van der Waals surface area contributed by atoms with E-state index in [0.717, 1.165) is 35.4 Å². The lowest BCUT2D eigenvalue weighted by Crippen LogP contribution is -2.50. The molecule has 7 nitrogen and oxygen atoms in total. The van der Waals surface area contributed by atoms with Crippen LogP contribution in [-0.2, 0) is 9.59 Å². The van der Waals surface area contributed by atoms with Gasteiger partial charge in [-0.05, 0) is 30.2 Å². The Kier molecular flexibility index (Phi) is 5.17. The van der Waals surface area contributed by atoms with Gasteiger partial charge in [0.2, 0.25) is 5.91 Å². The van der Waals surface area contributed by atoms with Gasteiger partial charge in [0.05, 0.1) is 11.3 Å². The van der Waals surface area contributed by atoms with Gasteiger partial charge in [-0.3, -0.25) is 4.79 Å². The first-order valence-corrected chi connectivity index (χ1v) is 9.31. The van der Waals surface area contributed by atoms with Crippen molar-refractivity contribution in [2.75, 3.05) is 18.0 Å². The maximum atomic E-state index is 12.6. The van der Waals surface area contributed by atoms with Gasteiger partial charge in [0.25, 0.3) is 0 Å². The summed E-state index contributed by atoms with van der Waals surface area (Å²) in [5.41, 5.74) is 0. The number of carbonyl (C=O) groups excluding carboxylic acids is 1. The van der Waals surface area contributed by atoms with Gasteiger partial charge < -0.3 is 15.3 Å². The van der Waals surface area contributed by atoms with Gasteiger partial charge in [-0.2, -0.15) is 0 Å². The van der Waals surface area contributed by atoms with E-state index in [-0.39, 0.29) is 17.7 Å². The highest BCUT2D eigenvalue weighted by Gasteiger charge is 2.31. The number of aliphatic carboxylic acids is 1. The minimum absolute atomic E-state index is 0.159. The van der Waals surface area contributed by atoms with Gasteiger partial charge in [-0.1, -0.05) is 13.8 Å². The number of nitrogens with one attached hydrogen (secondary N) is 1. The summed E-state index contributed by atoms with van der Waals surface area (Å²) in [4.78, 5) is 35.6. The van der Waals surface area contributed by atoms with Gasteiger partial charge in [0, 0.05) is 13.1 Å². The van der Waals surface area contributed by atoms with E-state index < -0.39 is 12.0 Å². The summed E-state index contributed by atoms with van der Waals surface area (Å²) in [5, 5.41) is 15.0. The largest absolute Gasteiger partial charge is 0.480 e. The minimum atomic E-state index is -0.994. The molecule has 1 aliphatic heterocycles. The molecular formula is C17H22N4O3S. The van der Waals surface area contributed by atoms with Gasteiger partial charge in [0.1, 0.15) is 23.0 Å². The molecule has 0 radical (unpaired) electrons. The van der Waals surface area contributed by atoms with Crippen LogP contribution in [0.2, 0.25) is 0 Å². The molecule has 1 amide bonds. The molecule has 25 heavy (non-hydrogen) atoms. The van der Waals surface area contributed by atoms with Gasteiger partial charge >= 0.3 is 5.97 Å². The van der Waals surface area contributed by atoms with Crippen molar-refractivity contribution < 1.29 is 14.7 Å². The Morgan fingerprint density at radius 2 is 2.20 bits per heavy atom. The van der Waals surface area contributed by atoms with Crippen LogP contribution in [0, 0.1) is 11.8 Å². The van der Waals surface area contributed by atoms with Gasteiger partial charge in [-0.15, -0.1) is 11.3 Å². The van der Waals surface area contributed by atoms with Crippen molar-refractivity contribution in [2.45, 2.75) is 32.7 Å². The third-order valence-electron chi connectivity index (χ3n) is 4.56. The number of carbonyl (C=O) groups is 2. The number of fused-ring (bicyclic) bond motifs is 1. The Balaban J connectivity index is 1.74. The number of carboxylic acids is 1. The number of nitrogens with zero attached hydrogens (tertiary/aromatic N) is 3. The molecule has 0 aliphatic carbocycles. The molecule has 1 unspecified atom stereocenters. The fraction of sp³-hybridized carbons (Fsp3) is 0.529. The molecule has 2 atom stereocenters. The quantitative estimate of drug-likeness (QED) is 0.846. The van der Waals surface area contributed by atoms with E-state index in [1.807, 2.05) is 11.4 Å². The molecule has 1 fully saturated rings. The number of hydrogen-bond acceptors (Lipinski definition) is 6. The number of piperidine rings is 1. The van der Waals surface area contributed by atoms with E-state index in [9.17, 15) is 14.7 Å². The molecule has 2 aromatic heterocycles. The van der Waals surface area contributed by atoms with E-state index in [4.69, 9.17) is 0 Å². The highest BCUT2D eigenvalue weighted by molar-refractivity contribution is 7.16. The highest BCUT2D eigenvalue weighted by Crippen LogP contribution is 2.30. The van der Waals surface area contributed by atoms with Crippen LogP contribution >= 0.6 is 11.3 Å². The molecule has 3 heterocycles. The van der Waals surface area contributed by atoms with Gasteiger partial charge in [0.15, 0.2) is 0 Å². The summed E-state index contributed by atoms with van der Waals surface area (Å²) in [6, 6.07) is 1.14. The lowest BCUT2D eigenvalue weighted by molar-refractivity contribution is -0.143. The van der Waals surface area contributed by atoms with Crippen LogP contribution in [0.15, 0.2) is 17.8 Å². The number of carboxylic acid groups (broad SMARTS) is 1. The van der Waals surface area contributed by atoms with Crippen LogP contribution in [0.25, 0.3) is 10.2 Å². The van der Waals surface area contributed by atoms with E-state index in [1.54, 1.807) is 31.5 Å². The molecule has 1 aliphatic rings. The number of rotatable bonds is 5. The third-order valence-corrected chi connectivity index (χ3v) is 5.38. The first-order valence-electron chi connectivity index (χ1n) is 8.43. The normalized spacial score (nSPS) is 19.2. The monoisotopic (exact) mass is 362 g/mol. The van der Waals surface area contributed by atoms with Crippen molar-refractivity contribution in [1.29, 1.82) is 0 Å². The predicted octanol–water partition coefficient (Wildman–Crippen LogP) is 2.13. The van der Waals surface area contributed by atoms with E-state index in [2.05, 4.69) is 20.2 Å². The maximum absolute atomic E-state index is 12.6. The Morgan fingerprint density at radius 3 is 2.92 bits per heavy atom. The lowest BCUT2D eigenvalue weighted by Gasteiger charge is -2.33. The Bertz CT molecular complexity index is 776. The second kappa shape index (κ2) is 7.35. The van der Waals surface area contributed by atoms with Crippen LogP contribution in [0.5, 0.6) is 0 Å². The number of amides is 1. The van der Waals surface area contributed by atoms with Crippen LogP contribution in [0.3, 0.4) is 0 Å². The smallest absolute Gasteiger partial charge is 0.326 e. The number of thiophene rings is 1. The number of hydrogen-bond donors (Lipinski definition) is 2. The van der Waals surface area contributed by atoms with Crippen LogP contribution in [0.1, 0.15) is 26.7 Å². The molecule has 0 spiro atoms. The summed E-state index contributed by atoms with van der Waals surface area (Å²) in [5.74, 6) is -0.734. The highest BCUT2D eigenvalue weighted by atomic mass is 32.1. The SMILES string of the molecule is CC(C)[C@H](NC(=O)C1CCCN(c2ncnc3sccc23)C1)C(=O)O. The molecule has 2 aromatic rings. The second-order valence-electron chi connectivity index (χ2n) is 6.69.